The number of phenolic OH excluding ortho intramolecular Hbond substituents is 5. The van der Waals surface area contributed by atoms with Crippen LogP contribution in [0.3, 0.4) is 0 Å². The highest BCUT2D eigenvalue weighted by molar-refractivity contribution is 6.02. The SMILES string of the molecule is O=C(O)CC1C(=O)O[C@H]2[C@H](O)[C@@H](OC(=O)c3cc(O)c(O)c4c3C1C(=O)O4)[C@H](OC(=O)c1cc(O)c(O)c(O)c1)O[C@@H]2CO. The van der Waals surface area contributed by atoms with Crippen LogP contribution in [-0.4, -0.2) is 108 Å². The molecule has 0 amide bonds. The summed E-state index contributed by atoms with van der Waals surface area (Å²) in [6, 6.07) is 2.01. The van der Waals surface area contributed by atoms with Gasteiger partial charge in [-0.1, -0.05) is 0 Å². The van der Waals surface area contributed by atoms with Gasteiger partial charge in [-0.3, -0.25) is 14.4 Å². The molecule has 3 aliphatic rings. The molecule has 1 fully saturated rings. The third kappa shape index (κ3) is 4.99. The zero-order chi connectivity index (χ0) is 32.2. The number of aliphatic hydroxyl groups excluding tert-OH is 2. The van der Waals surface area contributed by atoms with Gasteiger partial charge in [0, 0.05) is 5.56 Å². The van der Waals surface area contributed by atoms with Gasteiger partial charge in [-0.2, -0.15) is 0 Å². The summed E-state index contributed by atoms with van der Waals surface area (Å²) in [5.74, 6) is -16.6. The molecule has 2 aromatic carbocycles. The number of carboxylic acid groups (broad SMARTS) is 1. The highest BCUT2D eigenvalue weighted by Gasteiger charge is 2.55. The molecule has 0 aliphatic carbocycles. The van der Waals surface area contributed by atoms with Crippen molar-refractivity contribution in [3.05, 3.63) is 34.9 Å². The third-order valence-electron chi connectivity index (χ3n) is 7.18. The lowest BCUT2D eigenvalue weighted by atomic mass is 9.82. The van der Waals surface area contributed by atoms with E-state index in [4.69, 9.17) is 23.7 Å². The number of aliphatic hydroxyl groups is 2. The van der Waals surface area contributed by atoms with Gasteiger partial charge in [0.05, 0.1) is 30.1 Å². The second-order valence-corrected chi connectivity index (χ2v) is 9.89. The zero-order valence-electron chi connectivity index (χ0n) is 21.8. The number of benzene rings is 2. The quantitative estimate of drug-likeness (QED) is 0.0831. The fourth-order valence-corrected chi connectivity index (χ4v) is 5.11. The predicted molar refractivity (Wildman–Crippen MR) is 132 cm³/mol. The molecule has 3 heterocycles. The fourth-order valence-electron chi connectivity index (χ4n) is 5.11. The number of fused-ring (bicyclic) bond motifs is 2. The lowest BCUT2D eigenvalue weighted by Crippen LogP contribution is -2.62. The van der Waals surface area contributed by atoms with E-state index in [-0.39, 0.29) is 0 Å². The number of ether oxygens (including phenoxy) is 5. The highest BCUT2D eigenvalue weighted by atomic mass is 16.7. The average molecular weight is 622 g/mol. The maximum Gasteiger partial charge on any atom is 0.340 e. The molecule has 18 nitrogen and oxygen atoms in total. The van der Waals surface area contributed by atoms with E-state index in [2.05, 4.69) is 0 Å². The van der Waals surface area contributed by atoms with Crippen molar-refractivity contribution >= 4 is 29.8 Å². The van der Waals surface area contributed by atoms with E-state index in [1.807, 2.05) is 0 Å². The summed E-state index contributed by atoms with van der Waals surface area (Å²) in [4.78, 5) is 64.3. The van der Waals surface area contributed by atoms with Crippen molar-refractivity contribution in [2.24, 2.45) is 5.92 Å². The Bertz CT molecular complexity index is 1560. The fraction of sp³-hybridized carbons (Fsp3) is 0.346. The molecule has 0 radical (unpaired) electrons. The molecule has 234 valence electrons. The van der Waals surface area contributed by atoms with Crippen LogP contribution >= 0.6 is 0 Å². The van der Waals surface area contributed by atoms with Crippen LogP contribution in [0.25, 0.3) is 0 Å². The number of hydrogen-bond donors (Lipinski definition) is 8. The predicted octanol–water partition coefficient (Wildman–Crippen LogP) is -1.31. The summed E-state index contributed by atoms with van der Waals surface area (Å²) in [5, 5.41) is 80.2. The van der Waals surface area contributed by atoms with E-state index >= 15 is 0 Å². The molecule has 18 heteroatoms. The van der Waals surface area contributed by atoms with Crippen LogP contribution in [0, 0.1) is 5.92 Å². The van der Waals surface area contributed by atoms with Crippen LogP contribution in [0.2, 0.25) is 0 Å². The first-order chi connectivity index (χ1) is 20.7. The lowest BCUT2D eigenvalue weighted by Gasteiger charge is -2.42. The second kappa shape index (κ2) is 11.1. The molecule has 0 saturated carbocycles. The van der Waals surface area contributed by atoms with E-state index in [1.54, 1.807) is 0 Å². The molecule has 2 unspecified atom stereocenters. The van der Waals surface area contributed by atoms with Gasteiger partial charge in [0.2, 0.25) is 12.0 Å². The standard InChI is InChI=1S/C26H22O18/c27-5-12-19-18(35)21(26(40-12)44-22(36)6-1-9(28)16(33)10(29)2-6)43-23(37)7-3-11(30)17(34)20-14(7)15(25(39)42-20)8(4-13(31)32)24(38)41-19/h1-3,8,12,15,18-19,21,26-30,33-35H,4-5H2,(H,31,32)/t8?,12-,15?,18+,19-,21-,26+/m1/s1. The molecule has 0 spiro atoms. The minimum absolute atomic E-state index is 0.548. The van der Waals surface area contributed by atoms with Crippen LogP contribution in [0.4, 0.5) is 0 Å². The smallest absolute Gasteiger partial charge is 0.340 e. The lowest BCUT2D eigenvalue weighted by molar-refractivity contribution is -0.288. The summed E-state index contributed by atoms with van der Waals surface area (Å²) in [6.07, 6.45) is -11.1. The van der Waals surface area contributed by atoms with Gasteiger partial charge < -0.3 is 64.5 Å². The Morgan fingerprint density at radius 1 is 0.864 bits per heavy atom. The molecule has 3 aliphatic heterocycles. The third-order valence-corrected chi connectivity index (χ3v) is 7.18. The number of aliphatic carboxylic acids is 1. The first-order valence-electron chi connectivity index (χ1n) is 12.6. The van der Waals surface area contributed by atoms with Crippen molar-refractivity contribution in [1.82, 2.24) is 0 Å². The number of hydrogen-bond acceptors (Lipinski definition) is 17. The van der Waals surface area contributed by atoms with Crippen LogP contribution < -0.4 is 4.74 Å². The van der Waals surface area contributed by atoms with Crippen molar-refractivity contribution in [2.75, 3.05) is 6.61 Å². The molecular weight excluding hydrogens is 600 g/mol. The highest BCUT2D eigenvalue weighted by Crippen LogP contribution is 2.51. The monoisotopic (exact) mass is 622 g/mol. The van der Waals surface area contributed by atoms with Crippen molar-refractivity contribution < 1.29 is 88.5 Å². The minimum atomic E-state index is -2.15. The molecule has 0 aromatic heterocycles. The molecule has 1 saturated heterocycles. The first kappa shape index (κ1) is 30.1. The summed E-state index contributed by atoms with van der Waals surface area (Å²) in [5.41, 5.74) is -1.83. The van der Waals surface area contributed by atoms with Gasteiger partial charge in [-0.25, -0.2) is 9.59 Å². The van der Waals surface area contributed by atoms with E-state index < -0.39 is 137 Å². The molecular formula is C26H22O18. The number of aromatic hydroxyl groups is 5. The minimum Gasteiger partial charge on any atom is -0.504 e. The summed E-state index contributed by atoms with van der Waals surface area (Å²) >= 11 is 0. The van der Waals surface area contributed by atoms with Crippen molar-refractivity contribution in [2.45, 2.75) is 43.0 Å². The molecule has 8 N–H and O–H groups in total. The Labute approximate surface area is 243 Å². The molecule has 2 bridgehead atoms. The molecule has 44 heavy (non-hydrogen) atoms. The van der Waals surface area contributed by atoms with E-state index in [9.17, 15) is 64.8 Å². The van der Waals surface area contributed by atoms with Gasteiger partial charge in [0.25, 0.3) is 0 Å². The Hall–Kier alpha value is -5.33. The Morgan fingerprint density at radius 3 is 2.11 bits per heavy atom. The number of carboxylic acids is 1. The van der Waals surface area contributed by atoms with Crippen LogP contribution in [0.1, 0.15) is 38.6 Å². The maximum absolute atomic E-state index is 13.5. The summed E-state index contributed by atoms with van der Waals surface area (Å²) in [6.45, 7) is -1.02. The maximum atomic E-state index is 13.5. The van der Waals surface area contributed by atoms with E-state index in [0.29, 0.717) is 18.2 Å². The molecule has 2 aromatic rings. The number of esters is 4. The van der Waals surface area contributed by atoms with Crippen LogP contribution in [0.5, 0.6) is 34.5 Å². The number of phenols is 5. The summed E-state index contributed by atoms with van der Waals surface area (Å²) < 4.78 is 26.3. The van der Waals surface area contributed by atoms with Crippen molar-refractivity contribution in [1.29, 1.82) is 0 Å². The number of carbonyl (C=O) groups excluding carboxylic acids is 4. The topological polar surface area (TPSA) is 293 Å². The second-order valence-electron chi connectivity index (χ2n) is 9.89. The summed E-state index contributed by atoms with van der Waals surface area (Å²) in [7, 11) is 0. The van der Waals surface area contributed by atoms with E-state index in [0.717, 1.165) is 0 Å². The van der Waals surface area contributed by atoms with Gasteiger partial charge >= 0.3 is 29.8 Å². The molecule has 7 atom stereocenters. The Morgan fingerprint density at radius 2 is 1.50 bits per heavy atom. The van der Waals surface area contributed by atoms with Crippen molar-refractivity contribution in [3.63, 3.8) is 0 Å². The number of rotatable bonds is 5. The Kier molecular flexibility index (Phi) is 7.58. The molecule has 5 rings (SSSR count). The van der Waals surface area contributed by atoms with Crippen LogP contribution in [0.15, 0.2) is 18.2 Å². The Balaban J connectivity index is 1.61. The largest absolute Gasteiger partial charge is 0.504 e. The van der Waals surface area contributed by atoms with Gasteiger partial charge in [0.15, 0.2) is 41.0 Å². The van der Waals surface area contributed by atoms with Crippen LogP contribution in [-0.2, 0) is 33.3 Å². The van der Waals surface area contributed by atoms with Gasteiger partial charge in [-0.15, -0.1) is 0 Å². The average Bonchev–Trinajstić information content (AvgIpc) is 3.30. The van der Waals surface area contributed by atoms with E-state index in [1.165, 1.54) is 0 Å². The van der Waals surface area contributed by atoms with Gasteiger partial charge in [-0.05, 0) is 18.2 Å². The van der Waals surface area contributed by atoms with Gasteiger partial charge in [0.1, 0.15) is 18.1 Å². The van der Waals surface area contributed by atoms with Crippen molar-refractivity contribution in [3.8, 4) is 34.5 Å². The zero-order valence-corrected chi connectivity index (χ0v) is 21.8. The number of carbonyl (C=O) groups is 5. The first-order valence-corrected chi connectivity index (χ1v) is 12.6. The normalized spacial score (nSPS) is 27.7.